The first-order chi connectivity index (χ1) is 15.9. The number of hydrogen-bond donors (Lipinski definition) is 0. The van der Waals surface area contributed by atoms with Crippen molar-refractivity contribution in [2.75, 3.05) is 0 Å². The lowest BCUT2D eigenvalue weighted by Gasteiger charge is -2.03. The molecule has 2 aromatic heterocycles. The van der Waals surface area contributed by atoms with Crippen LogP contribution in [0.5, 0.6) is 0 Å². The first kappa shape index (κ1) is 23.7. The Balaban J connectivity index is 0.000000189. The highest BCUT2D eigenvalue weighted by Gasteiger charge is 2.17. The van der Waals surface area contributed by atoms with Gasteiger partial charge in [-0.1, -0.05) is 35.3 Å². The van der Waals surface area contributed by atoms with E-state index in [1.165, 1.54) is 30.7 Å². The highest BCUT2D eigenvalue weighted by atomic mass is 35.5. The summed E-state index contributed by atoms with van der Waals surface area (Å²) in [5.74, 6) is -0.495. The summed E-state index contributed by atoms with van der Waals surface area (Å²) in [5, 5.41) is 11.3. The van der Waals surface area contributed by atoms with Gasteiger partial charge in [0, 0.05) is 59.2 Å². The molecular formula is C24H15Cl2N3O4. The molecule has 0 unspecified atom stereocenters. The number of carbonyl (C=O) groups is 2. The Morgan fingerprint density at radius 3 is 1.79 bits per heavy atom. The molecule has 2 aromatic carbocycles. The van der Waals surface area contributed by atoms with Crippen LogP contribution in [0.4, 0.5) is 5.69 Å². The molecule has 4 aromatic rings. The SMILES string of the molecule is O=C(c1cccnc1)c1cc([N+](=O)[O-])ccc1Cl.O=C(c1cccnc1)c1ccccc1Cl. The number of aromatic nitrogens is 2. The molecule has 0 N–H and O–H groups in total. The van der Waals surface area contributed by atoms with Gasteiger partial charge in [0.15, 0.2) is 11.6 Å². The average molecular weight is 480 g/mol. The molecule has 0 fully saturated rings. The van der Waals surface area contributed by atoms with Crippen LogP contribution in [-0.4, -0.2) is 26.5 Å². The van der Waals surface area contributed by atoms with Crippen LogP contribution < -0.4 is 0 Å². The zero-order valence-corrected chi connectivity index (χ0v) is 18.4. The number of nitrogens with zero attached hydrogens (tertiary/aromatic N) is 3. The van der Waals surface area contributed by atoms with E-state index in [2.05, 4.69) is 9.97 Å². The number of pyridine rings is 2. The van der Waals surface area contributed by atoms with Crippen LogP contribution in [0.1, 0.15) is 31.8 Å². The van der Waals surface area contributed by atoms with Crippen LogP contribution in [0, 0.1) is 10.1 Å². The van der Waals surface area contributed by atoms with Crippen LogP contribution in [-0.2, 0) is 0 Å². The molecule has 0 aliphatic carbocycles. The fourth-order valence-electron chi connectivity index (χ4n) is 2.75. The number of nitro benzene ring substituents is 1. The molecule has 2 heterocycles. The number of non-ortho nitro benzene ring substituents is 1. The number of rotatable bonds is 5. The summed E-state index contributed by atoms with van der Waals surface area (Å²) in [6.45, 7) is 0. The maximum Gasteiger partial charge on any atom is 0.270 e. The highest BCUT2D eigenvalue weighted by Crippen LogP contribution is 2.24. The fourth-order valence-corrected chi connectivity index (χ4v) is 3.18. The van der Waals surface area contributed by atoms with Crippen molar-refractivity contribution >= 4 is 40.5 Å². The largest absolute Gasteiger partial charge is 0.288 e. The van der Waals surface area contributed by atoms with Crippen molar-refractivity contribution in [2.45, 2.75) is 0 Å². The van der Waals surface area contributed by atoms with E-state index in [9.17, 15) is 19.7 Å². The van der Waals surface area contributed by atoms with Crippen molar-refractivity contribution < 1.29 is 14.5 Å². The summed E-state index contributed by atoms with van der Waals surface area (Å²) >= 11 is 11.8. The molecular weight excluding hydrogens is 465 g/mol. The highest BCUT2D eigenvalue weighted by molar-refractivity contribution is 6.35. The van der Waals surface area contributed by atoms with Crippen molar-refractivity contribution in [2.24, 2.45) is 0 Å². The number of halogens is 2. The number of nitro groups is 1. The van der Waals surface area contributed by atoms with Gasteiger partial charge in [-0.15, -0.1) is 0 Å². The third-order valence-electron chi connectivity index (χ3n) is 4.37. The number of benzene rings is 2. The van der Waals surface area contributed by atoms with Crippen molar-refractivity contribution in [3.63, 3.8) is 0 Å². The van der Waals surface area contributed by atoms with Gasteiger partial charge >= 0.3 is 0 Å². The smallest absolute Gasteiger partial charge is 0.270 e. The van der Waals surface area contributed by atoms with E-state index in [0.717, 1.165) is 6.07 Å². The Bertz CT molecular complexity index is 1300. The lowest BCUT2D eigenvalue weighted by atomic mass is 10.0. The molecule has 164 valence electrons. The lowest BCUT2D eigenvalue weighted by Crippen LogP contribution is -2.03. The normalized spacial score (nSPS) is 10.0. The van der Waals surface area contributed by atoms with E-state index in [0.29, 0.717) is 21.7 Å². The summed E-state index contributed by atoms with van der Waals surface area (Å²) < 4.78 is 0. The maximum atomic E-state index is 12.1. The quantitative estimate of drug-likeness (QED) is 0.202. The van der Waals surface area contributed by atoms with E-state index in [4.69, 9.17) is 23.2 Å². The van der Waals surface area contributed by atoms with Gasteiger partial charge in [-0.05, 0) is 42.5 Å². The van der Waals surface area contributed by atoms with Crippen molar-refractivity contribution in [3.8, 4) is 0 Å². The van der Waals surface area contributed by atoms with Gasteiger partial charge in [0.05, 0.1) is 15.0 Å². The molecule has 0 aliphatic rings. The molecule has 9 heteroatoms. The summed E-state index contributed by atoms with van der Waals surface area (Å²) in [6, 6.07) is 17.4. The summed E-state index contributed by atoms with van der Waals surface area (Å²) in [6.07, 6.45) is 6.08. The van der Waals surface area contributed by atoms with Crippen LogP contribution in [0.3, 0.4) is 0 Å². The van der Waals surface area contributed by atoms with E-state index in [1.54, 1.807) is 54.7 Å². The fraction of sp³-hybridized carbons (Fsp3) is 0. The number of carbonyl (C=O) groups excluding carboxylic acids is 2. The average Bonchev–Trinajstić information content (AvgIpc) is 2.85. The van der Waals surface area contributed by atoms with Crippen LogP contribution >= 0.6 is 23.2 Å². The summed E-state index contributed by atoms with van der Waals surface area (Å²) in [7, 11) is 0. The topological polar surface area (TPSA) is 103 Å². The molecule has 0 amide bonds. The second-order valence-electron chi connectivity index (χ2n) is 6.54. The molecule has 0 spiro atoms. The first-order valence-electron chi connectivity index (χ1n) is 9.46. The minimum absolute atomic E-state index is 0.0962. The van der Waals surface area contributed by atoms with Gasteiger partial charge in [0.2, 0.25) is 0 Å². The molecule has 0 bridgehead atoms. The molecule has 7 nitrogen and oxygen atoms in total. The Labute approximate surface area is 198 Å². The van der Waals surface area contributed by atoms with Crippen molar-refractivity contribution in [1.29, 1.82) is 0 Å². The molecule has 0 atom stereocenters. The second-order valence-corrected chi connectivity index (χ2v) is 7.36. The zero-order chi connectivity index (χ0) is 23.8. The first-order valence-corrected chi connectivity index (χ1v) is 10.2. The Morgan fingerprint density at radius 2 is 1.27 bits per heavy atom. The minimum atomic E-state index is -0.573. The Kier molecular flexibility index (Phi) is 7.96. The third kappa shape index (κ3) is 6.06. The molecule has 0 radical (unpaired) electrons. The van der Waals surface area contributed by atoms with Gasteiger partial charge in [-0.2, -0.15) is 0 Å². The van der Waals surface area contributed by atoms with E-state index in [-0.39, 0.29) is 22.1 Å². The summed E-state index contributed by atoms with van der Waals surface area (Å²) in [4.78, 5) is 41.8. The molecule has 0 saturated carbocycles. The molecule has 0 aliphatic heterocycles. The van der Waals surface area contributed by atoms with Gasteiger partial charge < -0.3 is 0 Å². The molecule has 0 saturated heterocycles. The standard InChI is InChI=1S/C12H7ClN2O3.C12H8ClNO/c13-11-4-3-9(15(17)18)6-10(11)12(16)8-2-1-5-14-7-8;13-11-6-2-1-5-10(11)12(15)9-4-3-7-14-8-9/h1-7H;1-8H. The lowest BCUT2D eigenvalue weighted by molar-refractivity contribution is -0.384. The van der Waals surface area contributed by atoms with Crippen LogP contribution in [0.2, 0.25) is 10.0 Å². The van der Waals surface area contributed by atoms with Crippen molar-refractivity contribution in [1.82, 2.24) is 9.97 Å². The Morgan fingerprint density at radius 1 is 0.727 bits per heavy atom. The van der Waals surface area contributed by atoms with E-state index in [1.807, 2.05) is 0 Å². The van der Waals surface area contributed by atoms with Crippen LogP contribution in [0.15, 0.2) is 91.5 Å². The Hall–Kier alpha value is -3.94. The molecule has 33 heavy (non-hydrogen) atoms. The molecule has 4 rings (SSSR count). The van der Waals surface area contributed by atoms with Gasteiger partial charge in [0.25, 0.3) is 5.69 Å². The third-order valence-corrected chi connectivity index (χ3v) is 5.03. The van der Waals surface area contributed by atoms with E-state index >= 15 is 0 Å². The number of hydrogen-bond acceptors (Lipinski definition) is 6. The second kappa shape index (κ2) is 11.1. The predicted molar refractivity (Wildman–Crippen MR) is 125 cm³/mol. The monoisotopic (exact) mass is 479 g/mol. The summed E-state index contributed by atoms with van der Waals surface area (Å²) in [5.41, 5.74) is 1.31. The van der Waals surface area contributed by atoms with Gasteiger partial charge in [0.1, 0.15) is 0 Å². The van der Waals surface area contributed by atoms with E-state index < -0.39 is 10.7 Å². The predicted octanol–water partition coefficient (Wildman–Crippen LogP) is 5.84. The van der Waals surface area contributed by atoms with Crippen molar-refractivity contribution in [3.05, 3.63) is 134 Å². The number of ketones is 2. The maximum absolute atomic E-state index is 12.1. The van der Waals surface area contributed by atoms with Gasteiger partial charge in [-0.25, -0.2) is 0 Å². The van der Waals surface area contributed by atoms with Gasteiger partial charge in [-0.3, -0.25) is 29.7 Å². The minimum Gasteiger partial charge on any atom is -0.288 e. The zero-order valence-electron chi connectivity index (χ0n) is 16.9. The van der Waals surface area contributed by atoms with Crippen LogP contribution in [0.25, 0.3) is 0 Å².